The zero-order valence-corrected chi connectivity index (χ0v) is 16.5. The summed E-state index contributed by atoms with van der Waals surface area (Å²) in [4.78, 5) is 14.9. The summed E-state index contributed by atoms with van der Waals surface area (Å²) in [6.07, 6.45) is 6.40. The number of benzene rings is 1. The predicted molar refractivity (Wildman–Crippen MR) is 104 cm³/mol. The first kappa shape index (κ1) is 18.8. The Morgan fingerprint density at radius 1 is 1.00 bits per heavy atom. The molecule has 0 unspecified atom stereocenters. The first-order valence-corrected chi connectivity index (χ1v) is 9.14. The molecule has 0 aromatic heterocycles. The first-order chi connectivity index (χ1) is 11.0. The molecule has 0 fully saturated rings. The van der Waals surface area contributed by atoms with E-state index in [1.54, 1.807) is 0 Å². The number of hydrogen-bond acceptors (Lipinski definition) is 1. The van der Waals surface area contributed by atoms with Crippen molar-refractivity contribution in [3.05, 3.63) is 41.0 Å². The van der Waals surface area contributed by atoms with Crippen molar-refractivity contribution in [3.8, 4) is 0 Å². The topological polar surface area (TPSA) is 20.3 Å². The standard InChI is InChI=1S/C22H33NO/c1-21(2,3)17-13-14-18(22(4,5)6)19(15-17)23(7)20(24)16-11-9-8-10-12-16/h11,13-15H,8-10,12H2,1-7H3. The van der Waals surface area contributed by atoms with Crippen LogP contribution in [0.1, 0.15) is 78.4 Å². The highest BCUT2D eigenvalue weighted by atomic mass is 16.2. The monoisotopic (exact) mass is 327 g/mol. The van der Waals surface area contributed by atoms with Crippen molar-refractivity contribution >= 4 is 11.6 Å². The van der Waals surface area contributed by atoms with Crippen molar-refractivity contribution in [3.63, 3.8) is 0 Å². The Balaban J connectivity index is 2.48. The summed E-state index contributed by atoms with van der Waals surface area (Å²) >= 11 is 0. The van der Waals surface area contributed by atoms with Crippen LogP contribution in [0.3, 0.4) is 0 Å². The van der Waals surface area contributed by atoms with Crippen LogP contribution in [0.2, 0.25) is 0 Å². The van der Waals surface area contributed by atoms with Gasteiger partial charge in [0.2, 0.25) is 0 Å². The Bertz CT molecular complexity index is 641. The maximum atomic E-state index is 13.0. The molecule has 1 aliphatic carbocycles. The van der Waals surface area contributed by atoms with Crippen LogP contribution in [-0.2, 0) is 15.6 Å². The second-order valence-corrected chi connectivity index (χ2v) is 9.07. The van der Waals surface area contributed by atoms with Crippen molar-refractivity contribution in [2.45, 2.75) is 78.1 Å². The summed E-state index contributed by atoms with van der Waals surface area (Å²) in [6.45, 7) is 13.3. The molecule has 2 heteroatoms. The summed E-state index contributed by atoms with van der Waals surface area (Å²) < 4.78 is 0. The lowest BCUT2D eigenvalue weighted by Gasteiger charge is -2.31. The fourth-order valence-electron chi connectivity index (χ4n) is 3.27. The second kappa shape index (κ2) is 6.74. The van der Waals surface area contributed by atoms with Gasteiger partial charge in [-0.25, -0.2) is 0 Å². The molecule has 1 aliphatic rings. The minimum Gasteiger partial charge on any atom is -0.311 e. The molecule has 2 nitrogen and oxygen atoms in total. The van der Waals surface area contributed by atoms with E-state index in [1.807, 2.05) is 11.9 Å². The van der Waals surface area contributed by atoms with Gasteiger partial charge in [-0.2, -0.15) is 0 Å². The fourth-order valence-corrected chi connectivity index (χ4v) is 3.27. The first-order valence-electron chi connectivity index (χ1n) is 9.14. The van der Waals surface area contributed by atoms with Gasteiger partial charge < -0.3 is 4.90 Å². The van der Waals surface area contributed by atoms with Crippen LogP contribution in [-0.4, -0.2) is 13.0 Å². The van der Waals surface area contributed by atoms with Crippen LogP contribution in [0.15, 0.2) is 29.8 Å². The number of rotatable bonds is 2. The third-order valence-electron chi connectivity index (χ3n) is 4.90. The molecule has 0 bridgehead atoms. The molecule has 24 heavy (non-hydrogen) atoms. The van der Waals surface area contributed by atoms with Gasteiger partial charge in [0.25, 0.3) is 5.91 Å². The average molecular weight is 328 g/mol. The number of anilines is 1. The lowest BCUT2D eigenvalue weighted by atomic mass is 9.80. The van der Waals surface area contributed by atoms with E-state index < -0.39 is 0 Å². The second-order valence-electron chi connectivity index (χ2n) is 9.07. The molecule has 0 saturated carbocycles. The van der Waals surface area contributed by atoms with Gasteiger partial charge in [-0.05, 0) is 53.7 Å². The van der Waals surface area contributed by atoms with E-state index in [1.165, 1.54) is 17.5 Å². The van der Waals surface area contributed by atoms with E-state index in [2.05, 4.69) is 65.8 Å². The highest BCUT2D eigenvalue weighted by Crippen LogP contribution is 2.36. The van der Waals surface area contributed by atoms with Crippen LogP contribution in [0.4, 0.5) is 5.69 Å². The van der Waals surface area contributed by atoms with Crippen molar-refractivity contribution in [1.29, 1.82) is 0 Å². The van der Waals surface area contributed by atoms with Crippen molar-refractivity contribution in [2.24, 2.45) is 0 Å². The van der Waals surface area contributed by atoms with Crippen LogP contribution in [0.5, 0.6) is 0 Å². The summed E-state index contributed by atoms with van der Waals surface area (Å²) in [5.41, 5.74) is 4.59. The maximum absolute atomic E-state index is 13.0. The molecular formula is C22H33NO. The maximum Gasteiger partial charge on any atom is 0.253 e. The van der Waals surface area contributed by atoms with Gasteiger partial charge in [0.15, 0.2) is 0 Å². The van der Waals surface area contributed by atoms with Crippen LogP contribution in [0, 0.1) is 0 Å². The van der Waals surface area contributed by atoms with E-state index in [0.717, 1.165) is 30.5 Å². The number of hydrogen-bond donors (Lipinski definition) is 0. The van der Waals surface area contributed by atoms with Crippen LogP contribution >= 0.6 is 0 Å². The van der Waals surface area contributed by atoms with Gasteiger partial charge in [-0.3, -0.25) is 4.79 Å². The SMILES string of the molecule is CN(C(=O)C1=CCCCC1)c1cc(C(C)(C)C)ccc1C(C)(C)C. The van der Waals surface area contributed by atoms with Gasteiger partial charge in [-0.15, -0.1) is 0 Å². The molecule has 1 aromatic rings. The third-order valence-corrected chi connectivity index (χ3v) is 4.90. The van der Waals surface area contributed by atoms with Gasteiger partial charge in [0, 0.05) is 18.3 Å². The largest absolute Gasteiger partial charge is 0.311 e. The highest BCUT2D eigenvalue weighted by molar-refractivity contribution is 6.05. The zero-order chi connectivity index (χ0) is 18.1. The van der Waals surface area contributed by atoms with E-state index in [9.17, 15) is 4.79 Å². The lowest BCUT2D eigenvalue weighted by Crippen LogP contribution is -2.31. The molecule has 1 amide bonds. The molecule has 2 rings (SSSR count). The molecule has 0 spiro atoms. The summed E-state index contributed by atoms with van der Waals surface area (Å²) in [6, 6.07) is 6.62. The van der Waals surface area contributed by atoms with Crippen LogP contribution < -0.4 is 4.90 Å². The Labute approximate surface area is 147 Å². The van der Waals surface area contributed by atoms with Gasteiger partial charge >= 0.3 is 0 Å². The van der Waals surface area contributed by atoms with Crippen molar-refractivity contribution in [1.82, 2.24) is 0 Å². The minimum atomic E-state index is 0.00122. The Morgan fingerprint density at radius 3 is 2.17 bits per heavy atom. The van der Waals surface area contributed by atoms with Gasteiger partial charge in [0.05, 0.1) is 0 Å². The normalized spacial score (nSPS) is 15.9. The van der Waals surface area contributed by atoms with E-state index >= 15 is 0 Å². The number of allylic oxidation sites excluding steroid dienone is 1. The van der Waals surface area contributed by atoms with E-state index in [-0.39, 0.29) is 16.7 Å². The minimum absolute atomic E-state index is 0.00122. The molecular weight excluding hydrogens is 294 g/mol. The Kier molecular flexibility index (Phi) is 5.27. The molecule has 0 aliphatic heterocycles. The van der Waals surface area contributed by atoms with Crippen molar-refractivity contribution < 1.29 is 4.79 Å². The molecule has 0 heterocycles. The lowest BCUT2D eigenvalue weighted by molar-refractivity contribution is -0.115. The van der Waals surface area contributed by atoms with E-state index in [4.69, 9.17) is 0 Å². The Hall–Kier alpha value is -1.57. The number of likely N-dealkylation sites (N-methyl/N-ethyl adjacent to an activating group) is 1. The smallest absolute Gasteiger partial charge is 0.253 e. The molecule has 132 valence electrons. The van der Waals surface area contributed by atoms with Gasteiger partial charge in [0.1, 0.15) is 0 Å². The molecule has 0 radical (unpaired) electrons. The third kappa shape index (κ3) is 4.09. The van der Waals surface area contributed by atoms with Crippen LogP contribution in [0.25, 0.3) is 0 Å². The highest BCUT2D eigenvalue weighted by Gasteiger charge is 2.26. The molecule has 1 aromatic carbocycles. The summed E-state index contributed by atoms with van der Waals surface area (Å²) in [5.74, 6) is 0.159. The van der Waals surface area contributed by atoms with Crippen molar-refractivity contribution in [2.75, 3.05) is 11.9 Å². The number of amides is 1. The average Bonchev–Trinajstić information content (AvgIpc) is 2.52. The quantitative estimate of drug-likeness (QED) is 0.678. The number of carbonyl (C=O) groups is 1. The number of nitrogens with zero attached hydrogens (tertiary/aromatic N) is 1. The fraction of sp³-hybridized carbons (Fsp3) is 0.591. The molecule has 0 atom stereocenters. The van der Waals surface area contributed by atoms with Gasteiger partial charge in [-0.1, -0.05) is 59.8 Å². The zero-order valence-electron chi connectivity index (χ0n) is 16.5. The predicted octanol–water partition coefficient (Wildman–Crippen LogP) is 5.74. The summed E-state index contributed by atoms with van der Waals surface area (Å²) in [7, 11) is 1.93. The molecule has 0 N–H and O–H groups in total. The van der Waals surface area contributed by atoms with E-state index in [0.29, 0.717) is 0 Å². The number of carbonyl (C=O) groups excluding carboxylic acids is 1. The Morgan fingerprint density at radius 2 is 1.67 bits per heavy atom. The summed E-state index contributed by atoms with van der Waals surface area (Å²) in [5, 5.41) is 0. The molecule has 0 saturated heterocycles.